The van der Waals surface area contributed by atoms with E-state index in [0.717, 1.165) is 0 Å². The minimum Gasteiger partial charge on any atom is -0.478 e. The number of benzene rings is 1. The number of halogens is 1. The van der Waals surface area contributed by atoms with E-state index in [1.165, 1.54) is 18.2 Å². The maximum absolute atomic E-state index is 12.9. The van der Waals surface area contributed by atoms with E-state index >= 15 is 0 Å². The van der Waals surface area contributed by atoms with Crippen LogP contribution in [0.4, 0.5) is 4.39 Å². The van der Waals surface area contributed by atoms with Gasteiger partial charge in [0.25, 0.3) is 0 Å². The van der Waals surface area contributed by atoms with Crippen molar-refractivity contribution in [2.75, 3.05) is 6.61 Å². The molecule has 0 spiro atoms. The lowest BCUT2D eigenvalue weighted by atomic mass is 10.1. The van der Waals surface area contributed by atoms with E-state index in [0.29, 0.717) is 11.3 Å². The van der Waals surface area contributed by atoms with E-state index in [1.54, 1.807) is 6.92 Å². The topological polar surface area (TPSA) is 59.0 Å². The highest BCUT2D eigenvalue weighted by molar-refractivity contribution is 5.36. The van der Waals surface area contributed by atoms with Crippen molar-refractivity contribution < 1.29 is 9.13 Å². The number of nitriles is 1. The van der Waals surface area contributed by atoms with Crippen LogP contribution in [-0.2, 0) is 0 Å². The molecule has 1 aromatic rings. The quantitative estimate of drug-likeness (QED) is 0.797. The number of nitrogens with zero attached hydrogens (tertiary/aromatic N) is 1. The molecule has 74 valence electrons. The van der Waals surface area contributed by atoms with Gasteiger partial charge in [0.05, 0.1) is 0 Å². The smallest absolute Gasteiger partial charge is 0.174 e. The molecule has 0 unspecified atom stereocenters. The Morgan fingerprint density at radius 1 is 1.64 bits per heavy atom. The first-order valence-electron chi connectivity index (χ1n) is 4.20. The van der Waals surface area contributed by atoms with Crippen LogP contribution in [0, 0.1) is 17.1 Å². The molecular weight excluding hydrogens is 183 g/mol. The van der Waals surface area contributed by atoms with Gasteiger partial charge < -0.3 is 10.5 Å². The van der Waals surface area contributed by atoms with Gasteiger partial charge in [0.15, 0.2) is 6.61 Å². The van der Waals surface area contributed by atoms with Crippen LogP contribution >= 0.6 is 0 Å². The first kappa shape index (κ1) is 10.5. The van der Waals surface area contributed by atoms with Gasteiger partial charge in [-0.1, -0.05) is 0 Å². The summed E-state index contributed by atoms with van der Waals surface area (Å²) >= 11 is 0. The zero-order chi connectivity index (χ0) is 10.6. The maximum atomic E-state index is 12.9. The van der Waals surface area contributed by atoms with Crippen molar-refractivity contribution in [1.29, 1.82) is 5.26 Å². The predicted octanol–water partition coefficient (Wildman–Crippen LogP) is 1.75. The summed E-state index contributed by atoms with van der Waals surface area (Å²) < 4.78 is 17.9. The molecule has 0 aliphatic rings. The Hall–Kier alpha value is -1.60. The van der Waals surface area contributed by atoms with Crippen molar-refractivity contribution in [3.63, 3.8) is 0 Å². The zero-order valence-electron chi connectivity index (χ0n) is 7.83. The molecule has 0 bridgehead atoms. The van der Waals surface area contributed by atoms with Crippen LogP contribution in [0.15, 0.2) is 18.2 Å². The van der Waals surface area contributed by atoms with Gasteiger partial charge >= 0.3 is 0 Å². The van der Waals surface area contributed by atoms with Crippen LogP contribution < -0.4 is 10.5 Å². The van der Waals surface area contributed by atoms with Gasteiger partial charge in [-0.15, -0.1) is 0 Å². The second-order valence-corrected chi connectivity index (χ2v) is 2.92. The van der Waals surface area contributed by atoms with Crippen molar-refractivity contribution in [2.45, 2.75) is 13.0 Å². The van der Waals surface area contributed by atoms with E-state index in [9.17, 15) is 4.39 Å². The fraction of sp³-hybridized carbons (Fsp3) is 0.300. The molecule has 14 heavy (non-hydrogen) atoms. The molecular formula is C10H11FN2O. The van der Waals surface area contributed by atoms with Crippen LogP contribution in [0.3, 0.4) is 0 Å². The minimum absolute atomic E-state index is 0.0641. The zero-order valence-corrected chi connectivity index (χ0v) is 7.83. The summed E-state index contributed by atoms with van der Waals surface area (Å²) in [7, 11) is 0. The van der Waals surface area contributed by atoms with Gasteiger partial charge in [0.2, 0.25) is 0 Å². The van der Waals surface area contributed by atoms with E-state index < -0.39 is 0 Å². The maximum Gasteiger partial charge on any atom is 0.174 e. The van der Waals surface area contributed by atoms with Crippen LogP contribution in [0.5, 0.6) is 5.75 Å². The SMILES string of the molecule is C[C@@H](N)c1cc(F)ccc1OCC#N. The predicted molar refractivity (Wildman–Crippen MR) is 50.1 cm³/mol. The summed E-state index contributed by atoms with van der Waals surface area (Å²) in [6.07, 6.45) is 0. The molecule has 4 heteroatoms. The first-order valence-corrected chi connectivity index (χ1v) is 4.20. The lowest BCUT2D eigenvalue weighted by molar-refractivity contribution is 0.361. The van der Waals surface area contributed by atoms with E-state index in [4.69, 9.17) is 15.7 Å². The van der Waals surface area contributed by atoms with Crippen LogP contribution in [0.2, 0.25) is 0 Å². The lowest BCUT2D eigenvalue weighted by Gasteiger charge is -2.11. The molecule has 0 fully saturated rings. The number of rotatable bonds is 3. The van der Waals surface area contributed by atoms with Crippen molar-refractivity contribution in [1.82, 2.24) is 0 Å². The van der Waals surface area contributed by atoms with Gasteiger partial charge in [-0.25, -0.2) is 4.39 Å². The highest BCUT2D eigenvalue weighted by Gasteiger charge is 2.09. The van der Waals surface area contributed by atoms with Gasteiger partial charge in [-0.3, -0.25) is 0 Å². The van der Waals surface area contributed by atoms with Crippen LogP contribution in [0.1, 0.15) is 18.5 Å². The van der Waals surface area contributed by atoms with Crippen LogP contribution in [-0.4, -0.2) is 6.61 Å². The third-order valence-corrected chi connectivity index (χ3v) is 1.75. The number of nitrogens with two attached hydrogens (primary N) is 1. The van der Waals surface area contributed by atoms with E-state index in [1.807, 2.05) is 6.07 Å². The largest absolute Gasteiger partial charge is 0.478 e. The summed E-state index contributed by atoms with van der Waals surface area (Å²) in [5, 5.41) is 8.33. The van der Waals surface area contributed by atoms with Gasteiger partial charge in [0.1, 0.15) is 17.6 Å². The third-order valence-electron chi connectivity index (χ3n) is 1.75. The monoisotopic (exact) mass is 194 g/mol. The standard InChI is InChI=1S/C10H11FN2O/c1-7(13)9-6-8(11)2-3-10(9)14-5-4-12/h2-3,6-7H,5,13H2,1H3/t7-/m1/s1. The van der Waals surface area contributed by atoms with Gasteiger partial charge in [-0.05, 0) is 25.1 Å². The highest BCUT2D eigenvalue weighted by atomic mass is 19.1. The normalized spacial score (nSPS) is 11.9. The minimum atomic E-state index is -0.360. The van der Waals surface area contributed by atoms with Crippen molar-refractivity contribution in [3.05, 3.63) is 29.6 Å². The number of hydrogen-bond donors (Lipinski definition) is 1. The molecule has 0 aliphatic carbocycles. The summed E-state index contributed by atoms with van der Waals surface area (Å²) in [5.41, 5.74) is 6.20. The van der Waals surface area contributed by atoms with Crippen molar-refractivity contribution in [2.24, 2.45) is 5.73 Å². The molecule has 0 saturated heterocycles. The highest BCUT2D eigenvalue weighted by Crippen LogP contribution is 2.24. The van der Waals surface area contributed by atoms with Gasteiger partial charge in [0, 0.05) is 11.6 Å². The molecule has 1 rings (SSSR count). The Kier molecular flexibility index (Phi) is 3.43. The van der Waals surface area contributed by atoms with Crippen molar-refractivity contribution in [3.8, 4) is 11.8 Å². The molecule has 2 N–H and O–H groups in total. The Labute approximate surface area is 81.9 Å². The fourth-order valence-electron chi connectivity index (χ4n) is 1.12. The Bertz CT molecular complexity index is 358. The molecule has 0 aliphatic heterocycles. The van der Waals surface area contributed by atoms with Crippen molar-refractivity contribution >= 4 is 0 Å². The summed E-state index contributed by atoms with van der Waals surface area (Å²) in [5.74, 6) is 0.101. The second kappa shape index (κ2) is 4.58. The first-order chi connectivity index (χ1) is 6.65. The fourth-order valence-corrected chi connectivity index (χ4v) is 1.12. The van der Waals surface area contributed by atoms with Crippen LogP contribution in [0.25, 0.3) is 0 Å². The molecule has 0 amide bonds. The Morgan fingerprint density at radius 3 is 2.93 bits per heavy atom. The number of ether oxygens (including phenoxy) is 1. The molecule has 0 saturated carbocycles. The summed E-state index contributed by atoms with van der Waals surface area (Å²) in [6, 6.07) is 5.59. The molecule has 0 aromatic heterocycles. The summed E-state index contributed by atoms with van der Waals surface area (Å²) in [6.45, 7) is 1.67. The third kappa shape index (κ3) is 2.44. The average molecular weight is 194 g/mol. The molecule has 3 nitrogen and oxygen atoms in total. The Morgan fingerprint density at radius 2 is 2.36 bits per heavy atom. The molecule has 1 aromatic carbocycles. The molecule has 0 heterocycles. The van der Waals surface area contributed by atoms with E-state index in [-0.39, 0.29) is 18.5 Å². The van der Waals surface area contributed by atoms with E-state index in [2.05, 4.69) is 0 Å². The van der Waals surface area contributed by atoms with Gasteiger partial charge in [-0.2, -0.15) is 5.26 Å². The second-order valence-electron chi connectivity index (χ2n) is 2.92. The number of hydrogen-bond acceptors (Lipinski definition) is 3. The lowest BCUT2D eigenvalue weighted by Crippen LogP contribution is -2.08. The average Bonchev–Trinajstić information content (AvgIpc) is 2.15. The summed E-state index contributed by atoms with van der Waals surface area (Å²) in [4.78, 5) is 0. The molecule has 0 radical (unpaired) electrons. The molecule has 1 atom stereocenters. The Balaban J connectivity index is 2.97.